The molecule has 0 bridgehead atoms. The Balaban J connectivity index is 2.30. The van der Waals surface area contributed by atoms with Crippen molar-refractivity contribution in [2.45, 2.75) is 18.5 Å². The Morgan fingerprint density at radius 3 is 2.53 bits per heavy atom. The third kappa shape index (κ3) is 3.17. The van der Waals surface area contributed by atoms with E-state index in [0.29, 0.717) is 17.1 Å². The highest BCUT2D eigenvalue weighted by molar-refractivity contribution is 7.98. The fourth-order valence-electron chi connectivity index (χ4n) is 1.84. The van der Waals surface area contributed by atoms with Crippen LogP contribution in [0.2, 0.25) is 0 Å². The molecule has 2 aromatic rings. The molecule has 0 aliphatic rings. The molecule has 0 spiro atoms. The van der Waals surface area contributed by atoms with Gasteiger partial charge < -0.3 is 9.72 Å². The number of aromatic nitrogens is 2. The molecule has 0 aliphatic carbocycles. The second-order valence-electron chi connectivity index (χ2n) is 4.16. The molecule has 1 aromatic heterocycles. The average Bonchev–Trinajstić information content (AvgIpc) is 2.43. The third-order valence-electron chi connectivity index (χ3n) is 2.93. The number of rotatable bonds is 4. The zero-order valence-electron chi connectivity index (χ0n) is 11.2. The zero-order chi connectivity index (χ0) is 13.8. The molecule has 0 radical (unpaired) electrons. The summed E-state index contributed by atoms with van der Waals surface area (Å²) in [6.45, 7) is 1.87. The van der Waals surface area contributed by atoms with Crippen LogP contribution in [0.5, 0.6) is 5.75 Å². The number of hydrogen-bond donors (Lipinski definition) is 1. The summed E-state index contributed by atoms with van der Waals surface area (Å²) in [4.78, 5) is 19.2. The first-order chi connectivity index (χ1) is 9.13. The largest absolute Gasteiger partial charge is 0.497 e. The monoisotopic (exact) mass is 276 g/mol. The SMILES string of the molecule is COc1ccc(Cc2c(C)nc(SC)[nH]c2=O)cc1. The van der Waals surface area contributed by atoms with Gasteiger partial charge in [-0.15, -0.1) is 0 Å². The number of methoxy groups -OCH3 is 1. The highest BCUT2D eigenvalue weighted by Crippen LogP contribution is 2.15. The minimum atomic E-state index is -0.0623. The summed E-state index contributed by atoms with van der Waals surface area (Å²) in [6.07, 6.45) is 2.47. The first-order valence-electron chi connectivity index (χ1n) is 5.90. The summed E-state index contributed by atoms with van der Waals surface area (Å²) in [5, 5.41) is 0.654. The first-order valence-corrected chi connectivity index (χ1v) is 7.13. The zero-order valence-corrected chi connectivity index (χ0v) is 12.0. The Morgan fingerprint density at radius 2 is 2.00 bits per heavy atom. The predicted octanol–water partition coefficient (Wildman–Crippen LogP) is 2.40. The molecule has 1 aromatic carbocycles. The molecular formula is C14H16N2O2S. The van der Waals surface area contributed by atoms with Crippen LogP contribution in [0.1, 0.15) is 16.8 Å². The molecule has 100 valence electrons. The minimum Gasteiger partial charge on any atom is -0.497 e. The molecule has 1 N–H and O–H groups in total. The van der Waals surface area contributed by atoms with Gasteiger partial charge in [0, 0.05) is 17.7 Å². The maximum Gasteiger partial charge on any atom is 0.255 e. The quantitative estimate of drug-likeness (QED) is 0.688. The standard InChI is InChI=1S/C14H16N2O2S/c1-9-12(13(17)16-14(15-9)19-3)8-10-4-6-11(18-2)7-5-10/h4-7H,8H2,1-3H3,(H,15,16,17). The fourth-order valence-corrected chi connectivity index (χ4v) is 2.26. The molecule has 1 heterocycles. The number of ether oxygens (including phenoxy) is 1. The van der Waals surface area contributed by atoms with Crippen molar-refractivity contribution < 1.29 is 4.74 Å². The van der Waals surface area contributed by atoms with E-state index in [-0.39, 0.29) is 5.56 Å². The van der Waals surface area contributed by atoms with Gasteiger partial charge in [0.1, 0.15) is 5.75 Å². The lowest BCUT2D eigenvalue weighted by Gasteiger charge is -2.07. The first kappa shape index (κ1) is 13.7. The molecule has 5 heteroatoms. The Hall–Kier alpha value is -1.75. The number of hydrogen-bond acceptors (Lipinski definition) is 4. The number of nitrogens with one attached hydrogen (secondary N) is 1. The molecule has 0 saturated heterocycles. The third-order valence-corrected chi connectivity index (χ3v) is 3.51. The van der Waals surface area contributed by atoms with Crippen molar-refractivity contribution in [2.75, 3.05) is 13.4 Å². The maximum atomic E-state index is 12.0. The van der Waals surface area contributed by atoms with Gasteiger partial charge >= 0.3 is 0 Å². The molecule has 0 saturated carbocycles. The van der Waals surface area contributed by atoms with E-state index in [1.165, 1.54) is 11.8 Å². The van der Waals surface area contributed by atoms with Crippen LogP contribution in [0, 0.1) is 6.92 Å². The van der Waals surface area contributed by atoms with Crippen LogP contribution in [-0.4, -0.2) is 23.3 Å². The number of thioether (sulfide) groups is 1. The number of aryl methyl sites for hydroxylation is 1. The van der Waals surface area contributed by atoms with Crippen LogP contribution in [0.15, 0.2) is 34.2 Å². The van der Waals surface area contributed by atoms with Gasteiger partial charge in [-0.2, -0.15) is 0 Å². The van der Waals surface area contributed by atoms with E-state index in [1.807, 2.05) is 37.4 Å². The van der Waals surface area contributed by atoms with Crippen LogP contribution in [0.4, 0.5) is 0 Å². The lowest BCUT2D eigenvalue weighted by atomic mass is 10.1. The molecule has 0 fully saturated rings. The Labute approximate surface area is 116 Å². The highest BCUT2D eigenvalue weighted by atomic mass is 32.2. The van der Waals surface area contributed by atoms with Crippen molar-refractivity contribution in [3.63, 3.8) is 0 Å². The lowest BCUT2D eigenvalue weighted by Crippen LogP contribution is -2.17. The van der Waals surface area contributed by atoms with Crippen molar-refractivity contribution in [3.05, 3.63) is 51.4 Å². The molecule has 0 aliphatic heterocycles. The summed E-state index contributed by atoms with van der Waals surface area (Å²) in [5.74, 6) is 0.810. The lowest BCUT2D eigenvalue weighted by molar-refractivity contribution is 0.414. The van der Waals surface area contributed by atoms with Crippen LogP contribution in [-0.2, 0) is 6.42 Å². The van der Waals surface area contributed by atoms with Gasteiger partial charge in [0.05, 0.1) is 7.11 Å². The van der Waals surface area contributed by atoms with Gasteiger partial charge in [-0.3, -0.25) is 4.79 Å². The molecule has 19 heavy (non-hydrogen) atoms. The van der Waals surface area contributed by atoms with Crippen LogP contribution in [0.3, 0.4) is 0 Å². The molecule has 4 nitrogen and oxygen atoms in total. The van der Waals surface area contributed by atoms with E-state index < -0.39 is 0 Å². The normalized spacial score (nSPS) is 10.5. The topological polar surface area (TPSA) is 55.0 Å². The molecule has 0 atom stereocenters. The van der Waals surface area contributed by atoms with Gasteiger partial charge in [0.15, 0.2) is 5.16 Å². The Kier molecular flexibility index (Phi) is 4.27. The van der Waals surface area contributed by atoms with Gasteiger partial charge in [-0.05, 0) is 30.9 Å². The van der Waals surface area contributed by atoms with E-state index in [4.69, 9.17) is 4.74 Å². The highest BCUT2D eigenvalue weighted by Gasteiger charge is 2.08. The Morgan fingerprint density at radius 1 is 1.32 bits per heavy atom. The Bertz CT molecular complexity index is 620. The average molecular weight is 276 g/mol. The summed E-state index contributed by atoms with van der Waals surface area (Å²) in [5.41, 5.74) is 2.49. The number of nitrogens with zero attached hydrogens (tertiary/aromatic N) is 1. The number of benzene rings is 1. The van der Waals surface area contributed by atoms with Gasteiger partial charge in [-0.1, -0.05) is 23.9 Å². The van der Waals surface area contributed by atoms with Crippen molar-refractivity contribution in [1.82, 2.24) is 9.97 Å². The van der Waals surface area contributed by atoms with Crippen molar-refractivity contribution in [2.24, 2.45) is 0 Å². The number of H-pyrrole nitrogens is 1. The smallest absolute Gasteiger partial charge is 0.255 e. The maximum absolute atomic E-state index is 12.0. The van der Waals surface area contributed by atoms with Crippen LogP contribution in [0.25, 0.3) is 0 Å². The molecule has 0 unspecified atom stereocenters. The van der Waals surface area contributed by atoms with E-state index >= 15 is 0 Å². The van der Waals surface area contributed by atoms with Crippen LogP contribution >= 0.6 is 11.8 Å². The van der Waals surface area contributed by atoms with Crippen molar-refractivity contribution >= 4 is 11.8 Å². The van der Waals surface area contributed by atoms with Crippen LogP contribution < -0.4 is 10.3 Å². The fraction of sp³-hybridized carbons (Fsp3) is 0.286. The van der Waals surface area contributed by atoms with Crippen molar-refractivity contribution in [3.8, 4) is 5.75 Å². The second-order valence-corrected chi connectivity index (χ2v) is 4.96. The predicted molar refractivity (Wildman–Crippen MR) is 77.2 cm³/mol. The molecular weight excluding hydrogens is 260 g/mol. The number of aromatic amines is 1. The van der Waals surface area contributed by atoms with Gasteiger partial charge in [0.2, 0.25) is 0 Å². The van der Waals surface area contributed by atoms with E-state index in [2.05, 4.69) is 9.97 Å². The molecule has 0 amide bonds. The minimum absolute atomic E-state index is 0.0623. The summed E-state index contributed by atoms with van der Waals surface area (Å²) >= 11 is 1.43. The summed E-state index contributed by atoms with van der Waals surface area (Å²) in [7, 11) is 1.63. The van der Waals surface area contributed by atoms with Gasteiger partial charge in [-0.25, -0.2) is 4.98 Å². The summed E-state index contributed by atoms with van der Waals surface area (Å²) < 4.78 is 5.11. The molecule has 2 rings (SSSR count). The van der Waals surface area contributed by atoms with Gasteiger partial charge in [0.25, 0.3) is 5.56 Å². The van der Waals surface area contributed by atoms with Crippen molar-refractivity contribution in [1.29, 1.82) is 0 Å². The van der Waals surface area contributed by atoms with E-state index in [0.717, 1.165) is 17.0 Å². The van der Waals surface area contributed by atoms with E-state index in [9.17, 15) is 4.79 Å². The second kappa shape index (κ2) is 5.93. The van der Waals surface area contributed by atoms with E-state index in [1.54, 1.807) is 7.11 Å². The summed E-state index contributed by atoms with van der Waals surface area (Å²) in [6, 6.07) is 7.70.